The molecule has 1 amide bonds. The summed E-state index contributed by atoms with van der Waals surface area (Å²) in [5.41, 5.74) is 1.69. The van der Waals surface area contributed by atoms with Gasteiger partial charge in [-0.2, -0.15) is 0 Å². The van der Waals surface area contributed by atoms with Gasteiger partial charge in [-0.05, 0) is 43.3 Å². The number of nitrogens with one attached hydrogen (secondary N) is 1. The number of fused-ring (bicyclic) bond motifs is 1. The minimum Gasteiger partial charge on any atom is -0.463 e. The minimum absolute atomic E-state index is 0.208. The van der Waals surface area contributed by atoms with E-state index >= 15 is 0 Å². The van der Waals surface area contributed by atoms with Gasteiger partial charge in [0, 0.05) is 5.39 Å². The molecular formula is C23H16Cl2N2O4. The van der Waals surface area contributed by atoms with Crippen molar-refractivity contribution in [2.75, 3.05) is 5.32 Å². The van der Waals surface area contributed by atoms with Gasteiger partial charge < -0.3 is 14.5 Å². The first-order chi connectivity index (χ1) is 14.9. The summed E-state index contributed by atoms with van der Waals surface area (Å²) >= 11 is 12.1. The number of hydrogen-bond donors (Lipinski definition) is 1. The molecule has 0 spiro atoms. The van der Waals surface area contributed by atoms with E-state index in [4.69, 9.17) is 32.4 Å². The number of nitrogens with zero attached hydrogens (tertiary/aromatic N) is 1. The lowest BCUT2D eigenvalue weighted by Gasteiger charge is -2.15. The Bertz CT molecular complexity index is 1270. The number of carbonyl (C=O) groups excluding carboxylic acids is 2. The van der Waals surface area contributed by atoms with E-state index < -0.39 is 18.0 Å². The summed E-state index contributed by atoms with van der Waals surface area (Å²) in [4.78, 5) is 30.0. The molecule has 31 heavy (non-hydrogen) atoms. The number of rotatable bonds is 5. The molecule has 2 aromatic carbocycles. The Hall–Kier alpha value is -3.35. The maximum Gasteiger partial charge on any atom is 0.339 e. The predicted molar refractivity (Wildman–Crippen MR) is 119 cm³/mol. The smallest absolute Gasteiger partial charge is 0.339 e. The van der Waals surface area contributed by atoms with Crippen LogP contribution < -0.4 is 5.32 Å². The monoisotopic (exact) mass is 454 g/mol. The number of hydrogen-bond acceptors (Lipinski definition) is 5. The summed E-state index contributed by atoms with van der Waals surface area (Å²) in [5.74, 6) is -0.686. The van der Waals surface area contributed by atoms with Crippen LogP contribution in [0.4, 0.5) is 5.69 Å². The Kier molecular flexibility index (Phi) is 5.93. The Morgan fingerprint density at radius 2 is 1.87 bits per heavy atom. The molecule has 0 aliphatic carbocycles. The highest BCUT2D eigenvalue weighted by Gasteiger charge is 2.23. The Morgan fingerprint density at radius 1 is 1.06 bits per heavy atom. The third kappa shape index (κ3) is 4.40. The number of anilines is 1. The third-order valence-electron chi connectivity index (χ3n) is 4.57. The molecule has 4 rings (SSSR count). The number of carbonyl (C=O) groups is 2. The molecule has 0 aliphatic heterocycles. The number of aromatic nitrogens is 1. The number of ether oxygens (including phenoxy) is 1. The van der Waals surface area contributed by atoms with E-state index in [2.05, 4.69) is 10.3 Å². The zero-order valence-corrected chi connectivity index (χ0v) is 17.8. The number of pyridine rings is 1. The second kappa shape index (κ2) is 8.79. The molecule has 6 nitrogen and oxygen atoms in total. The largest absolute Gasteiger partial charge is 0.463 e. The number of benzene rings is 2. The van der Waals surface area contributed by atoms with Crippen molar-refractivity contribution in [2.45, 2.75) is 13.0 Å². The van der Waals surface area contributed by atoms with Crippen LogP contribution in [0.1, 0.15) is 17.3 Å². The van der Waals surface area contributed by atoms with E-state index in [1.54, 1.807) is 54.6 Å². The van der Waals surface area contributed by atoms with E-state index in [-0.39, 0.29) is 10.6 Å². The number of esters is 1. The summed E-state index contributed by atoms with van der Waals surface area (Å²) < 4.78 is 10.8. The molecule has 1 unspecified atom stereocenters. The van der Waals surface area contributed by atoms with Crippen LogP contribution in [-0.2, 0) is 9.53 Å². The maximum atomic E-state index is 13.0. The molecule has 0 saturated heterocycles. The summed E-state index contributed by atoms with van der Waals surface area (Å²) in [6.07, 6.45) is 0.443. The molecular weight excluding hydrogens is 439 g/mol. The zero-order chi connectivity index (χ0) is 22.0. The van der Waals surface area contributed by atoms with Gasteiger partial charge in [0.15, 0.2) is 11.9 Å². The van der Waals surface area contributed by atoms with Crippen LogP contribution in [0.5, 0.6) is 0 Å². The number of amides is 1. The van der Waals surface area contributed by atoms with Crippen LogP contribution in [0.3, 0.4) is 0 Å². The molecule has 8 heteroatoms. The van der Waals surface area contributed by atoms with Gasteiger partial charge in [-0.25, -0.2) is 9.78 Å². The standard InChI is InChI=1S/C23H16Cl2N2O4/c1-13(22(28)27-18-9-4-7-16(24)21(18)25)31-23(29)15-12-19(20-10-5-11-30-20)26-17-8-3-2-6-14(15)17/h2-13H,1H3,(H,27,28). The van der Waals surface area contributed by atoms with E-state index in [0.29, 0.717) is 33.1 Å². The zero-order valence-electron chi connectivity index (χ0n) is 16.3. The molecule has 0 fully saturated rings. The Morgan fingerprint density at radius 3 is 2.65 bits per heavy atom. The van der Waals surface area contributed by atoms with Crippen molar-refractivity contribution >= 4 is 51.7 Å². The van der Waals surface area contributed by atoms with Crippen molar-refractivity contribution < 1.29 is 18.7 Å². The van der Waals surface area contributed by atoms with E-state index in [0.717, 1.165) is 0 Å². The van der Waals surface area contributed by atoms with Crippen LogP contribution in [0.2, 0.25) is 10.0 Å². The fourth-order valence-electron chi connectivity index (χ4n) is 3.01. The number of furan rings is 1. The molecule has 156 valence electrons. The predicted octanol–water partition coefficient (Wildman–Crippen LogP) is 5.99. The average molecular weight is 455 g/mol. The second-order valence-electron chi connectivity index (χ2n) is 6.69. The van der Waals surface area contributed by atoms with Gasteiger partial charge in [0.05, 0.1) is 33.1 Å². The molecule has 4 aromatic rings. The molecule has 2 aromatic heterocycles. The highest BCUT2D eigenvalue weighted by Crippen LogP contribution is 2.30. The topological polar surface area (TPSA) is 81.4 Å². The normalized spacial score (nSPS) is 11.8. The Balaban J connectivity index is 1.59. The molecule has 1 atom stereocenters. The average Bonchev–Trinajstić information content (AvgIpc) is 3.31. The molecule has 2 heterocycles. The van der Waals surface area contributed by atoms with Crippen LogP contribution in [-0.4, -0.2) is 23.0 Å². The van der Waals surface area contributed by atoms with Gasteiger partial charge >= 0.3 is 5.97 Å². The van der Waals surface area contributed by atoms with Crippen molar-refractivity contribution in [1.29, 1.82) is 0 Å². The maximum absolute atomic E-state index is 13.0. The fourth-order valence-corrected chi connectivity index (χ4v) is 3.35. The van der Waals surface area contributed by atoms with Crippen molar-refractivity contribution in [2.24, 2.45) is 0 Å². The first-order valence-electron chi connectivity index (χ1n) is 9.33. The van der Waals surface area contributed by atoms with E-state index in [9.17, 15) is 9.59 Å². The minimum atomic E-state index is -1.08. The SMILES string of the molecule is CC(OC(=O)c1cc(-c2ccco2)nc2ccccc12)C(=O)Nc1cccc(Cl)c1Cl. The van der Waals surface area contributed by atoms with Crippen molar-refractivity contribution in [3.8, 4) is 11.5 Å². The third-order valence-corrected chi connectivity index (χ3v) is 5.39. The number of halogens is 2. The van der Waals surface area contributed by atoms with Crippen molar-refractivity contribution in [3.05, 3.63) is 82.5 Å². The van der Waals surface area contributed by atoms with E-state index in [1.165, 1.54) is 13.2 Å². The second-order valence-corrected chi connectivity index (χ2v) is 7.47. The van der Waals surface area contributed by atoms with Gasteiger partial charge in [0.25, 0.3) is 5.91 Å². The van der Waals surface area contributed by atoms with E-state index in [1.807, 2.05) is 6.07 Å². The van der Waals surface area contributed by atoms with Gasteiger partial charge in [0.1, 0.15) is 5.69 Å². The molecule has 0 aliphatic rings. The molecule has 0 radical (unpaired) electrons. The fraction of sp³-hybridized carbons (Fsp3) is 0.0870. The molecule has 1 N–H and O–H groups in total. The first kappa shape index (κ1) is 20.9. The lowest BCUT2D eigenvalue weighted by Crippen LogP contribution is -2.30. The van der Waals surface area contributed by atoms with Gasteiger partial charge in [-0.15, -0.1) is 0 Å². The van der Waals surface area contributed by atoms with Crippen molar-refractivity contribution in [3.63, 3.8) is 0 Å². The quantitative estimate of drug-likeness (QED) is 0.374. The Labute approximate surface area is 187 Å². The lowest BCUT2D eigenvalue weighted by molar-refractivity contribution is -0.123. The van der Waals surface area contributed by atoms with Gasteiger partial charge in [0.2, 0.25) is 0 Å². The highest BCUT2D eigenvalue weighted by atomic mass is 35.5. The van der Waals surface area contributed by atoms with Crippen LogP contribution in [0.15, 0.2) is 71.3 Å². The van der Waals surface area contributed by atoms with Crippen LogP contribution in [0.25, 0.3) is 22.4 Å². The lowest BCUT2D eigenvalue weighted by atomic mass is 10.1. The van der Waals surface area contributed by atoms with Gasteiger partial charge in [-0.1, -0.05) is 47.5 Å². The number of para-hydroxylation sites is 1. The first-order valence-corrected chi connectivity index (χ1v) is 10.1. The molecule has 0 bridgehead atoms. The molecule has 0 saturated carbocycles. The highest BCUT2D eigenvalue weighted by molar-refractivity contribution is 6.44. The van der Waals surface area contributed by atoms with Crippen LogP contribution in [0, 0.1) is 0 Å². The summed E-state index contributed by atoms with van der Waals surface area (Å²) in [7, 11) is 0. The van der Waals surface area contributed by atoms with Crippen molar-refractivity contribution in [1.82, 2.24) is 4.98 Å². The van der Waals surface area contributed by atoms with Gasteiger partial charge in [-0.3, -0.25) is 4.79 Å². The van der Waals surface area contributed by atoms with Crippen LogP contribution >= 0.6 is 23.2 Å². The summed E-state index contributed by atoms with van der Waals surface area (Å²) in [6, 6.07) is 17.1. The summed E-state index contributed by atoms with van der Waals surface area (Å²) in [6.45, 7) is 1.47. The summed E-state index contributed by atoms with van der Waals surface area (Å²) in [5, 5.41) is 3.73.